The molecule has 142 valence electrons. The van der Waals surface area contributed by atoms with Crippen LogP contribution in [0, 0.1) is 17.8 Å². The SMILES string of the molecule is Cn1c(N2CCOCC2)nc2cc(C(=O)NC[C@@H]3C[C@@H]4C=C[C@H]3C4)ccc21. The Hall–Kier alpha value is -2.34. The Balaban J connectivity index is 1.31. The summed E-state index contributed by atoms with van der Waals surface area (Å²) in [6.45, 7) is 3.93. The highest BCUT2D eigenvalue weighted by Gasteiger charge is 2.35. The van der Waals surface area contributed by atoms with Crippen LogP contribution in [0.4, 0.5) is 5.95 Å². The number of allylic oxidation sites excluding steroid dienone is 2. The zero-order valence-electron chi connectivity index (χ0n) is 15.7. The Morgan fingerprint density at radius 3 is 2.85 bits per heavy atom. The number of hydrogen-bond acceptors (Lipinski definition) is 4. The number of nitrogens with zero attached hydrogens (tertiary/aromatic N) is 3. The molecule has 1 aromatic heterocycles. The topological polar surface area (TPSA) is 59.4 Å². The number of ether oxygens (including phenoxy) is 1. The Bertz CT molecular complexity index is 897. The molecular formula is C21H26N4O2. The van der Waals surface area contributed by atoms with E-state index in [2.05, 4.69) is 26.9 Å². The molecular weight excluding hydrogens is 340 g/mol. The van der Waals surface area contributed by atoms with Gasteiger partial charge in [-0.15, -0.1) is 0 Å². The zero-order valence-corrected chi connectivity index (χ0v) is 15.7. The summed E-state index contributed by atoms with van der Waals surface area (Å²) in [6.07, 6.45) is 7.15. The van der Waals surface area contributed by atoms with Crippen molar-refractivity contribution < 1.29 is 9.53 Å². The van der Waals surface area contributed by atoms with E-state index < -0.39 is 0 Å². The summed E-state index contributed by atoms with van der Waals surface area (Å²) in [7, 11) is 2.03. The van der Waals surface area contributed by atoms with Crippen LogP contribution in [0.1, 0.15) is 23.2 Å². The quantitative estimate of drug-likeness (QED) is 0.844. The highest BCUT2D eigenvalue weighted by atomic mass is 16.5. The van der Waals surface area contributed by atoms with Crippen molar-refractivity contribution in [3.05, 3.63) is 35.9 Å². The van der Waals surface area contributed by atoms with Gasteiger partial charge in [-0.05, 0) is 48.8 Å². The number of aryl methyl sites for hydroxylation is 1. The first-order valence-corrected chi connectivity index (χ1v) is 9.95. The monoisotopic (exact) mass is 366 g/mol. The maximum absolute atomic E-state index is 12.7. The fraction of sp³-hybridized carbons (Fsp3) is 0.524. The molecule has 2 aliphatic carbocycles. The van der Waals surface area contributed by atoms with Crippen LogP contribution in [-0.2, 0) is 11.8 Å². The number of imidazole rings is 1. The van der Waals surface area contributed by atoms with Crippen molar-refractivity contribution in [2.45, 2.75) is 12.8 Å². The highest BCUT2D eigenvalue weighted by Crippen LogP contribution is 2.42. The zero-order chi connectivity index (χ0) is 18.4. The molecule has 1 saturated heterocycles. The number of rotatable bonds is 4. The molecule has 0 unspecified atom stereocenters. The molecule has 0 radical (unpaired) electrons. The number of carbonyl (C=O) groups excluding carboxylic acids is 1. The normalized spacial score (nSPS) is 26.9. The van der Waals surface area contributed by atoms with Gasteiger partial charge in [-0.2, -0.15) is 0 Å². The lowest BCUT2D eigenvalue weighted by molar-refractivity contribution is 0.0945. The smallest absolute Gasteiger partial charge is 0.251 e. The summed E-state index contributed by atoms with van der Waals surface area (Å²) in [5, 5.41) is 3.14. The van der Waals surface area contributed by atoms with E-state index in [0.29, 0.717) is 17.4 Å². The molecule has 2 fully saturated rings. The predicted octanol–water partition coefficient (Wildman–Crippen LogP) is 2.35. The molecule has 6 heteroatoms. The minimum Gasteiger partial charge on any atom is -0.378 e. The van der Waals surface area contributed by atoms with Gasteiger partial charge in [0.25, 0.3) is 5.91 Å². The van der Waals surface area contributed by atoms with Crippen LogP contribution in [0.2, 0.25) is 0 Å². The summed E-state index contributed by atoms with van der Waals surface area (Å²) in [4.78, 5) is 19.7. The van der Waals surface area contributed by atoms with E-state index >= 15 is 0 Å². The number of anilines is 1. The fourth-order valence-corrected chi connectivity index (χ4v) is 4.83. The lowest BCUT2D eigenvalue weighted by atomic mass is 9.93. The number of amides is 1. The maximum Gasteiger partial charge on any atom is 0.251 e. The first-order chi connectivity index (χ1) is 13.2. The molecule has 5 rings (SSSR count). The number of benzene rings is 1. The predicted molar refractivity (Wildman–Crippen MR) is 105 cm³/mol. The van der Waals surface area contributed by atoms with Gasteiger partial charge in [0, 0.05) is 32.2 Å². The van der Waals surface area contributed by atoms with Crippen LogP contribution in [0.15, 0.2) is 30.4 Å². The maximum atomic E-state index is 12.7. The van der Waals surface area contributed by atoms with Gasteiger partial charge < -0.3 is 19.5 Å². The largest absolute Gasteiger partial charge is 0.378 e. The summed E-state index contributed by atoms with van der Waals surface area (Å²) in [5.74, 6) is 2.93. The van der Waals surface area contributed by atoms with Crippen molar-refractivity contribution in [1.29, 1.82) is 0 Å². The first kappa shape index (κ1) is 16.8. The van der Waals surface area contributed by atoms with Gasteiger partial charge >= 0.3 is 0 Å². The summed E-state index contributed by atoms with van der Waals surface area (Å²) < 4.78 is 7.54. The van der Waals surface area contributed by atoms with Gasteiger partial charge in [0.05, 0.1) is 24.2 Å². The number of carbonyl (C=O) groups is 1. The molecule has 1 N–H and O–H groups in total. The van der Waals surface area contributed by atoms with Crippen molar-refractivity contribution in [2.75, 3.05) is 37.7 Å². The summed E-state index contributed by atoms with van der Waals surface area (Å²) >= 11 is 0. The van der Waals surface area contributed by atoms with Gasteiger partial charge in [0.15, 0.2) is 0 Å². The molecule has 6 nitrogen and oxygen atoms in total. The highest BCUT2D eigenvalue weighted by molar-refractivity contribution is 5.97. The number of hydrogen-bond donors (Lipinski definition) is 1. The molecule has 2 aromatic rings. The molecule has 2 bridgehead atoms. The molecule has 27 heavy (non-hydrogen) atoms. The van der Waals surface area contributed by atoms with Crippen molar-refractivity contribution in [2.24, 2.45) is 24.8 Å². The molecule has 3 aliphatic rings. The molecule has 1 saturated carbocycles. The van der Waals surface area contributed by atoms with Gasteiger partial charge in [0.2, 0.25) is 5.95 Å². The van der Waals surface area contributed by atoms with Crippen LogP contribution >= 0.6 is 0 Å². The third-order valence-electron chi connectivity index (χ3n) is 6.35. The first-order valence-electron chi connectivity index (χ1n) is 9.95. The van der Waals surface area contributed by atoms with Crippen molar-refractivity contribution in [3.63, 3.8) is 0 Å². The second-order valence-corrected chi connectivity index (χ2v) is 8.02. The van der Waals surface area contributed by atoms with Gasteiger partial charge in [-0.1, -0.05) is 12.2 Å². The standard InChI is InChI=1S/C21H26N4O2/c1-24-19-5-4-16(12-18(19)23-21(24)25-6-8-27-9-7-25)20(26)22-13-17-11-14-2-3-15(17)10-14/h2-5,12,14-15,17H,6-11,13H2,1H3,(H,22,26)/t14-,15+,17+/m1/s1. The van der Waals surface area contributed by atoms with Crippen molar-refractivity contribution >= 4 is 22.9 Å². The van der Waals surface area contributed by atoms with E-state index in [0.717, 1.165) is 55.7 Å². The van der Waals surface area contributed by atoms with E-state index in [1.54, 1.807) is 0 Å². The Morgan fingerprint density at radius 2 is 2.11 bits per heavy atom. The fourth-order valence-electron chi connectivity index (χ4n) is 4.83. The minimum atomic E-state index is 0.00206. The number of morpholine rings is 1. The third kappa shape index (κ3) is 3.02. The lowest BCUT2D eigenvalue weighted by Gasteiger charge is -2.27. The minimum absolute atomic E-state index is 0.00206. The Kier molecular flexibility index (Phi) is 4.16. The van der Waals surface area contributed by atoms with Crippen LogP contribution in [0.3, 0.4) is 0 Å². The number of aromatic nitrogens is 2. The second-order valence-electron chi connectivity index (χ2n) is 8.02. The van der Waals surface area contributed by atoms with Gasteiger partial charge in [-0.25, -0.2) is 4.98 Å². The Labute approximate surface area is 159 Å². The lowest BCUT2D eigenvalue weighted by Crippen LogP contribution is -2.37. The molecule has 3 atom stereocenters. The number of fused-ring (bicyclic) bond motifs is 3. The van der Waals surface area contributed by atoms with Crippen LogP contribution in [-0.4, -0.2) is 48.3 Å². The average Bonchev–Trinajstić information content (AvgIpc) is 3.41. The van der Waals surface area contributed by atoms with E-state index in [1.807, 2.05) is 25.2 Å². The summed E-state index contributed by atoms with van der Waals surface area (Å²) in [5.41, 5.74) is 2.61. The van der Waals surface area contributed by atoms with E-state index in [-0.39, 0.29) is 5.91 Å². The van der Waals surface area contributed by atoms with Crippen LogP contribution in [0.25, 0.3) is 11.0 Å². The summed E-state index contributed by atoms with van der Waals surface area (Å²) in [6, 6.07) is 5.82. The third-order valence-corrected chi connectivity index (χ3v) is 6.35. The van der Waals surface area contributed by atoms with Crippen LogP contribution < -0.4 is 10.2 Å². The van der Waals surface area contributed by atoms with E-state index in [1.165, 1.54) is 12.8 Å². The van der Waals surface area contributed by atoms with E-state index in [4.69, 9.17) is 9.72 Å². The second kappa shape index (κ2) is 6.68. The molecule has 1 amide bonds. The Morgan fingerprint density at radius 1 is 1.26 bits per heavy atom. The average molecular weight is 366 g/mol. The van der Waals surface area contributed by atoms with Gasteiger partial charge in [-0.3, -0.25) is 4.79 Å². The molecule has 1 aliphatic heterocycles. The van der Waals surface area contributed by atoms with Crippen molar-refractivity contribution in [3.8, 4) is 0 Å². The van der Waals surface area contributed by atoms with Crippen molar-refractivity contribution in [1.82, 2.24) is 14.9 Å². The van der Waals surface area contributed by atoms with E-state index in [9.17, 15) is 4.79 Å². The number of nitrogens with one attached hydrogen (secondary N) is 1. The molecule has 2 heterocycles. The molecule has 0 spiro atoms. The van der Waals surface area contributed by atoms with Gasteiger partial charge in [0.1, 0.15) is 0 Å². The van der Waals surface area contributed by atoms with Crippen LogP contribution in [0.5, 0.6) is 0 Å². The molecule has 1 aromatic carbocycles.